The van der Waals surface area contributed by atoms with E-state index in [-0.39, 0.29) is 35.4 Å². The first-order chi connectivity index (χ1) is 18.6. The van der Waals surface area contributed by atoms with Gasteiger partial charge in [0, 0.05) is 29.5 Å². The van der Waals surface area contributed by atoms with Crippen LogP contribution >= 0.6 is 0 Å². The van der Waals surface area contributed by atoms with Crippen molar-refractivity contribution in [2.24, 2.45) is 5.92 Å². The first-order valence-electron chi connectivity index (χ1n) is 12.8. The van der Waals surface area contributed by atoms with Gasteiger partial charge in [-0.25, -0.2) is 0 Å². The van der Waals surface area contributed by atoms with Crippen LogP contribution < -0.4 is 14.2 Å². The van der Waals surface area contributed by atoms with Gasteiger partial charge in [0.1, 0.15) is 34.9 Å². The molecule has 4 aromatic carbocycles. The van der Waals surface area contributed by atoms with Crippen molar-refractivity contribution >= 4 is 6.08 Å². The summed E-state index contributed by atoms with van der Waals surface area (Å²) in [4.78, 5) is 0. The molecule has 0 saturated heterocycles. The van der Waals surface area contributed by atoms with Crippen LogP contribution in [-0.4, -0.2) is 24.4 Å². The van der Waals surface area contributed by atoms with Gasteiger partial charge in [0.15, 0.2) is 0 Å². The lowest BCUT2D eigenvalue weighted by Gasteiger charge is -2.47. The molecule has 0 saturated carbocycles. The molecule has 2 aliphatic rings. The number of fused-ring (bicyclic) bond motifs is 4. The van der Waals surface area contributed by atoms with Crippen molar-refractivity contribution in [1.29, 1.82) is 0 Å². The fourth-order valence-electron chi connectivity index (χ4n) is 6.15. The van der Waals surface area contributed by atoms with Crippen molar-refractivity contribution in [3.63, 3.8) is 0 Å². The topological polar surface area (TPSA) is 68.2 Å². The largest absolute Gasteiger partial charge is 0.508 e. The van der Waals surface area contributed by atoms with Crippen LogP contribution in [0.3, 0.4) is 0 Å². The van der Waals surface area contributed by atoms with Gasteiger partial charge in [-0.2, -0.15) is 0 Å². The molecule has 192 valence electrons. The predicted molar refractivity (Wildman–Crippen MR) is 147 cm³/mol. The Labute approximate surface area is 222 Å². The third-order valence-corrected chi connectivity index (χ3v) is 7.82. The van der Waals surface area contributed by atoms with Crippen molar-refractivity contribution in [3.8, 4) is 28.7 Å². The highest BCUT2D eigenvalue weighted by molar-refractivity contribution is 5.59. The van der Waals surface area contributed by atoms with E-state index in [1.165, 1.54) is 0 Å². The van der Waals surface area contributed by atoms with Crippen molar-refractivity contribution in [2.45, 2.75) is 24.4 Å². The Bertz CT molecular complexity index is 1480. The molecule has 0 aromatic heterocycles. The number of methoxy groups -OCH3 is 2. The smallest absolute Gasteiger partial charge is 0.128 e. The summed E-state index contributed by atoms with van der Waals surface area (Å²) in [5, 5.41) is 20.8. The van der Waals surface area contributed by atoms with Crippen LogP contribution in [0.15, 0.2) is 91.0 Å². The highest BCUT2D eigenvalue weighted by Crippen LogP contribution is 2.58. The molecule has 0 unspecified atom stereocenters. The monoisotopic (exact) mass is 506 g/mol. The Balaban J connectivity index is 1.55. The molecule has 4 atom stereocenters. The molecular weight excluding hydrogens is 476 g/mol. The standard InChI is InChI=1S/C33H30O5/c1-36-25-12-8-20(9-13-25)10-14-27-31-22(16-24(35)19-30(31)37-2)17-28-26-15-11-23(34)18-29(26)38-33(32(27)28)21-6-4-3-5-7-21/h3-16,18-19,27-28,32-35H,17H2,1-2H3/b14-10+/t27-,28+,32+,33-/m1/s1. The zero-order chi connectivity index (χ0) is 26.2. The van der Waals surface area contributed by atoms with E-state index in [1.807, 2.05) is 54.6 Å². The van der Waals surface area contributed by atoms with E-state index in [0.29, 0.717) is 11.5 Å². The van der Waals surface area contributed by atoms with Crippen LogP contribution in [-0.2, 0) is 6.42 Å². The minimum atomic E-state index is -0.243. The second-order valence-corrected chi connectivity index (χ2v) is 9.94. The molecule has 1 aliphatic carbocycles. The quantitative estimate of drug-likeness (QED) is 0.305. The predicted octanol–water partition coefficient (Wildman–Crippen LogP) is 7.00. The average Bonchev–Trinajstić information content (AvgIpc) is 2.94. The van der Waals surface area contributed by atoms with Crippen molar-refractivity contribution < 1.29 is 24.4 Å². The van der Waals surface area contributed by atoms with Gasteiger partial charge < -0.3 is 24.4 Å². The maximum atomic E-state index is 10.5. The van der Waals surface area contributed by atoms with Crippen molar-refractivity contribution in [2.75, 3.05) is 14.2 Å². The SMILES string of the molecule is COc1ccc(/C=C/[C@@H]2c3c(cc(O)cc3OC)C[C@H]3c4ccc(O)cc4O[C@H](c4ccccc4)[C@@H]23)cc1. The molecule has 6 rings (SSSR count). The molecule has 0 radical (unpaired) electrons. The van der Waals surface area contributed by atoms with E-state index in [2.05, 4.69) is 24.3 Å². The summed E-state index contributed by atoms with van der Waals surface area (Å²) in [5.74, 6) is 2.65. The van der Waals surface area contributed by atoms with Gasteiger partial charge in [-0.15, -0.1) is 0 Å². The van der Waals surface area contributed by atoms with Crippen LogP contribution in [0.5, 0.6) is 28.7 Å². The third-order valence-electron chi connectivity index (χ3n) is 7.82. The van der Waals surface area contributed by atoms with Gasteiger partial charge in [0.05, 0.1) is 14.2 Å². The maximum Gasteiger partial charge on any atom is 0.128 e. The molecule has 1 heterocycles. The zero-order valence-corrected chi connectivity index (χ0v) is 21.4. The van der Waals surface area contributed by atoms with Gasteiger partial charge in [0.2, 0.25) is 0 Å². The number of hydrogen-bond acceptors (Lipinski definition) is 5. The van der Waals surface area contributed by atoms with E-state index in [4.69, 9.17) is 14.2 Å². The normalized spacial score (nSPS) is 21.6. The van der Waals surface area contributed by atoms with Gasteiger partial charge in [-0.05, 0) is 58.9 Å². The Kier molecular flexibility index (Phi) is 6.20. The molecule has 2 N–H and O–H groups in total. The van der Waals surface area contributed by atoms with Gasteiger partial charge in [0.25, 0.3) is 0 Å². The highest BCUT2D eigenvalue weighted by atomic mass is 16.5. The Morgan fingerprint density at radius 3 is 2.37 bits per heavy atom. The fourth-order valence-corrected chi connectivity index (χ4v) is 6.15. The van der Waals surface area contributed by atoms with Gasteiger partial charge in [-0.3, -0.25) is 0 Å². The number of hydrogen-bond donors (Lipinski definition) is 2. The van der Waals surface area contributed by atoms with Crippen molar-refractivity contribution in [1.82, 2.24) is 0 Å². The molecule has 0 spiro atoms. The highest BCUT2D eigenvalue weighted by Gasteiger charge is 2.47. The summed E-state index contributed by atoms with van der Waals surface area (Å²) in [6.45, 7) is 0. The van der Waals surface area contributed by atoms with Crippen LogP contribution in [0.25, 0.3) is 6.08 Å². The molecule has 0 fully saturated rings. The summed E-state index contributed by atoms with van der Waals surface area (Å²) < 4.78 is 17.8. The molecular formula is C33H30O5. The number of rotatable bonds is 5. The van der Waals surface area contributed by atoms with E-state index in [0.717, 1.165) is 40.0 Å². The summed E-state index contributed by atoms with van der Waals surface area (Å²) in [6, 6.07) is 27.2. The second kappa shape index (κ2) is 9.82. The van der Waals surface area contributed by atoms with E-state index in [1.54, 1.807) is 32.4 Å². The number of benzene rings is 4. The summed E-state index contributed by atoms with van der Waals surface area (Å²) >= 11 is 0. The lowest BCUT2D eigenvalue weighted by molar-refractivity contribution is 0.0759. The second-order valence-electron chi connectivity index (χ2n) is 9.94. The van der Waals surface area contributed by atoms with Crippen LogP contribution in [0.1, 0.15) is 45.8 Å². The number of phenols is 2. The molecule has 1 aliphatic heterocycles. The van der Waals surface area contributed by atoms with E-state index >= 15 is 0 Å². The lowest BCUT2D eigenvalue weighted by atomic mass is 9.62. The number of phenolic OH excluding ortho intramolecular Hbond substituents is 2. The van der Waals surface area contributed by atoms with E-state index < -0.39 is 0 Å². The summed E-state index contributed by atoms with van der Waals surface area (Å²) in [7, 11) is 3.31. The van der Waals surface area contributed by atoms with Crippen LogP contribution in [0, 0.1) is 5.92 Å². The maximum absolute atomic E-state index is 10.5. The number of ether oxygens (including phenoxy) is 3. The minimum Gasteiger partial charge on any atom is -0.508 e. The molecule has 5 heteroatoms. The molecule has 0 amide bonds. The van der Waals surface area contributed by atoms with Gasteiger partial charge in [-0.1, -0.05) is 60.7 Å². The average molecular weight is 507 g/mol. The summed E-state index contributed by atoms with van der Waals surface area (Å²) in [5.41, 5.74) is 5.34. The third kappa shape index (κ3) is 4.24. The lowest BCUT2D eigenvalue weighted by Crippen LogP contribution is -2.38. The Morgan fingerprint density at radius 2 is 1.63 bits per heavy atom. The number of allylic oxidation sites excluding steroid dienone is 1. The van der Waals surface area contributed by atoms with Crippen LogP contribution in [0.2, 0.25) is 0 Å². The Morgan fingerprint density at radius 1 is 0.842 bits per heavy atom. The molecule has 38 heavy (non-hydrogen) atoms. The van der Waals surface area contributed by atoms with Gasteiger partial charge >= 0.3 is 0 Å². The molecule has 4 aromatic rings. The van der Waals surface area contributed by atoms with Crippen LogP contribution in [0.4, 0.5) is 0 Å². The van der Waals surface area contributed by atoms with E-state index in [9.17, 15) is 10.2 Å². The van der Waals surface area contributed by atoms with Crippen molar-refractivity contribution in [3.05, 3.63) is 119 Å². The first kappa shape index (κ1) is 24.0. The molecule has 5 nitrogen and oxygen atoms in total. The Hall–Kier alpha value is -4.38. The first-order valence-corrected chi connectivity index (χ1v) is 12.8. The zero-order valence-electron chi connectivity index (χ0n) is 21.4. The molecule has 0 bridgehead atoms. The number of aromatic hydroxyl groups is 2. The minimum absolute atomic E-state index is 0.0508. The fraction of sp³-hybridized carbons (Fsp3) is 0.212. The summed E-state index contributed by atoms with van der Waals surface area (Å²) in [6.07, 6.45) is 4.86.